The van der Waals surface area contributed by atoms with Gasteiger partial charge in [0.05, 0.1) is 0 Å². The van der Waals surface area contributed by atoms with E-state index in [9.17, 15) is 4.79 Å². The van der Waals surface area contributed by atoms with E-state index in [1.165, 1.54) is 19.3 Å². The topological polar surface area (TPSA) is 42.0 Å². The summed E-state index contributed by atoms with van der Waals surface area (Å²) in [5.74, 6) is 0.542. The summed E-state index contributed by atoms with van der Waals surface area (Å²) >= 11 is 0. The largest absolute Gasteiger partial charge is 0.348 e. The lowest BCUT2D eigenvalue weighted by molar-refractivity contribution is 0.0905. The summed E-state index contributed by atoms with van der Waals surface area (Å²) < 4.78 is 0. The molecule has 16 heavy (non-hydrogen) atoms. The number of nitrogens with one attached hydrogen (secondary N) is 1. The molecule has 0 unspecified atom stereocenters. The highest BCUT2D eigenvalue weighted by Crippen LogP contribution is 2.23. The molecule has 0 saturated heterocycles. The van der Waals surface area contributed by atoms with Crippen molar-refractivity contribution in [1.82, 2.24) is 10.3 Å². The minimum absolute atomic E-state index is 0.0423. The van der Waals surface area contributed by atoms with E-state index in [0.29, 0.717) is 17.7 Å². The summed E-state index contributed by atoms with van der Waals surface area (Å²) in [6, 6.07) is 5.73. The van der Waals surface area contributed by atoms with E-state index in [-0.39, 0.29) is 5.91 Å². The molecule has 0 spiro atoms. The van der Waals surface area contributed by atoms with Crippen molar-refractivity contribution in [3.05, 3.63) is 30.1 Å². The van der Waals surface area contributed by atoms with Crippen molar-refractivity contribution in [2.24, 2.45) is 5.92 Å². The van der Waals surface area contributed by atoms with Gasteiger partial charge in [0.1, 0.15) is 5.69 Å². The Bertz CT molecular complexity index is 350. The minimum atomic E-state index is -0.0423. The highest BCUT2D eigenvalue weighted by atomic mass is 16.1. The zero-order chi connectivity index (χ0) is 11.4. The zero-order valence-corrected chi connectivity index (χ0v) is 9.65. The van der Waals surface area contributed by atoms with Gasteiger partial charge in [0.25, 0.3) is 5.91 Å². The van der Waals surface area contributed by atoms with Crippen LogP contribution < -0.4 is 5.32 Å². The molecule has 86 valence electrons. The number of nitrogens with zero attached hydrogens (tertiary/aromatic N) is 1. The lowest BCUT2D eigenvalue weighted by Gasteiger charge is -2.29. The molecule has 1 aliphatic rings. The quantitative estimate of drug-likeness (QED) is 0.828. The maximum absolute atomic E-state index is 11.9. The molecule has 0 aliphatic heterocycles. The Hall–Kier alpha value is -1.38. The highest BCUT2D eigenvalue weighted by molar-refractivity contribution is 5.92. The Morgan fingerprint density at radius 1 is 1.38 bits per heavy atom. The zero-order valence-electron chi connectivity index (χ0n) is 9.65. The lowest BCUT2D eigenvalue weighted by atomic mass is 9.86. The van der Waals surface area contributed by atoms with Crippen LogP contribution in [0.2, 0.25) is 0 Å². The van der Waals surface area contributed by atoms with Crippen molar-refractivity contribution in [3.63, 3.8) is 0 Å². The van der Waals surface area contributed by atoms with Crippen LogP contribution in [0.5, 0.6) is 0 Å². The molecule has 0 bridgehead atoms. The molecule has 1 aromatic rings. The van der Waals surface area contributed by atoms with Crippen LogP contribution >= 0.6 is 0 Å². The monoisotopic (exact) mass is 218 g/mol. The molecule has 1 saturated carbocycles. The van der Waals surface area contributed by atoms with E-state index in [1.807, 2.05) is 12.1 Å². The van der Waals surface area contributed by atoms with Crippen molar-refractivity contribution in [2.45, 2.75) is 38.6 Å². The number of rotatable bonds is 2. The number of hydrogen-bond acceptors (Lipinski definition) is 2. The van der Waals surface area contributed by atoms with Crippen molar-refractivity contribution in [2.75, 3.05) is 0 Å². The smallest absolute Gasteiger partial charge is 0.270 e. The van der Waals surface area contributed by atoms with Crippen LogP contribution in [-0.4, -0.2) is 16.9 Å². The number of carbonyl (C=O) groups excluding carboxylic acids is 1. The Balaban J connectivity index is 1.96. The third-order valence-corrected chi connectivity index (χ3v) is 3.33. The average Bonchev–Trinajstić information content (AvgIpc) is 2.33. The van der Waals surface area contributed by atoms with E-state index < -0.39 is 0 Å². The number of hydrogen-bond donors (Lipinski definition) is 1. The SMILES string of the molecule is C[C@H]1CCCC[C@@H]1NC(=O)c1ccccn1. The van der Waals surface area contributed by atoms with Crippen LogP contribution in [-0.2, 0) is 0 Å². The fourth-order valence-electron chi connectivity index (χ4n) is 2.27. The maximum Gasteiger partial charge on any atom is 0.270 e. The van der Waals surface area contributed by atoms with Crippen LogP contribution in [0.25, 0.3) is 0 Å². The average molecular weight is 218 g/mol. The maximum atomic E-state index is 11.9. The van der Waals surface area contributed by atoms with Gasteiger partial charge in [-0.15, -0.1) is 0 Å². The van der Waals surface area contributed by atoms with Crippen molar-refractivity contribution in [1.29, 1.82) is 0 Å². The van der Waals surface area contributed by atoms with E-state index in [1.54, 1.807) is 12.3 Å². The molecule has 0 radical (unpaired) electrons. The molecule has 1 heterocycles. The molecule has 0 aromatic carbocycles. The van der Waals surface area contributed by atoms with E-state index in [4.69, 9.17) is 0 Å². The second kappa shape index (κ2) is 5.10. The third kappa shape index (κ3) is 2.60. The minimum Gasteiger partial charge on any atom is -0.348 e. The van der Waals surface area contributed by atoms with Gasteiger partial charge in [-0.25, -0.2) is 0 Å². The number of amides is 1. The van der Waals surface area contributed by atoms with Crippen LogP contribution in [0.4, 0.5) is 0 Å². The van der Waals surface area contributed by atoms with Gasteiger partial charge in [-0.1, -0.05) is 25.8 Å². The normalized spacial score (nSPS) is 25.1. The molecule has 1 fully saturated rings. The fraction of sp³-hybridized carbons (Fsp3) is 0.538. The fourth-order valence-corrected chi connectivity index (χ4v) is 2.27. The van der Waals surface area contributed by atoms with Gasteiger partial charge >= 0.3 is 0 Å². The van der Waals surface area contributed by atoms with Crippen molar-refractivity contribution >= 4 is 5.91 Å². The Morgan fingerprint density at radius 3 is 2.88 bits per heavy atom. The van der Waals surface area contributed by atoms with E-state index >= 15 is 0 Å². The molecule has 1 aliphatic carbocycles. The van der Waals surface area contributed by atoms with Crippen molar-refractivity contribution in [3.8, 4) is 0 Å². The van der Waals surface area contributed by atoms with Gasteiger partial charge in [0.15, 0.2) is 0 Å². The predicted octanol–water partition coefficient (Wildman–Crippen LogP) is 2.39. The first-order valence-corrected chi connectivity index (χ1v) is 5.99. The van der Waals surface area contributed by atoms with E-state index in [2.05, 4.69) is 17.2 Å². The van der Waals surface area contributed by atoms with E-state index in [0.717, 1.165) is 6.42 Å². The van der Waals surface area contributed by atoms with Crippen LogP contribution in [0.3, 0.4) is 0 Å². The van der Waals surface area contributed by atoms with Crippen LogP contribution in [0, 0.1) is 5.92 Å². The standard InChI is InChI=1S/C13H18N2O/c1-10-6-2-3-7-11(10)15-13(16)12-8-4-5-9-14-12/h4-5,8-11H,2-3,6-7H2,1H3,(H,15,16)/t10-,11-/m0/s1. The Morgan fingerprint density at radius 2 is 2.19 bits per heavy atom. The highest BCUT2D eigenvalue weighted by Gasteiger charge is 2.23. The van der Waals surface area contributed by atoms with Crippen LogP contribution in [0.15, 0.2) is 24.4 Å². The summed E-state index contributed by atoms with van der Waals surface area (Å²) in [6.07, 6.45) is 6.47. The van der Waals surface area contributed by atoms with Crippen molar-refractivity contribution < 1.29 is 4.79 Å². The first kappa shape index (κ1) is 11.1. The third-order valence-electron chi connectivity index (χ3n) is 3.33. The molecule has 3 heteroatoms. The summed E-state index contributed by atoms with van der Waals surface area (Å²) in [7, 11) is 0. The molecular weight excluding hydrogens is 200 g/mol. The number of pyridine rings is 1. The summed E-state index contributed by atoms with van der Waals surface area (Å²) in [4.78, 5) is 15.9. The summed E-state index contributed by atoms with van der Waals surface area (Å²) in [5, 5.41) is 3.08. The van der Waals surface area contributed by atoms with Gasteiger partial charge in [0.2, 0.25) is 0 Å². The molecule has 2 atom stereocenters. The molecular formula is C13H18N2O. The molecule has 3 nitrogen and oxygen atoms in total. The van der Waals surface area contributed by atoms with Gasteiger partial charge in [-0.2, -0.15) is 0 Å². The van der Waals surface area contributed by atoms with Crippen LogP contribution in [0.1, 0.15) is 43.1 Å². The summed E-state index contributed by atoms with van der Waals surface area (Å²) in [6.45, 7) is 2.21. The summed E-state index contributed by atoms with van der Waals surface area (Å²) in [5.41, 5.74) is 0.514. The molecule has 2 rings (SSSR count). The van der Waals surface area contributed by atoms with Gasteiger partial charge in [-0.3, -0.25) is 9.78 Å². The van der Waals surface area contributed by atoms with Gasteiger partial charge in [-0.05, 0) is 30.9 Å². The number of carbonyl (C=O) groups is 1. The first-order chi connectivity index (χ1) is 7.77. The Labute approximate surface area is 96.3 Å². The van der Waals surface area contributed by atoms with Gasteiger partial charge in [0, 0.05) is 12.2 Å². The molecule has 1 N–H and O–H groups in total. The molecule has 1 aromatic heterocycles. The molecule has 1 amide bonds. The van der Waals surface area contributed by atoms with Gasteiger partial charge < -0.3 is 5.32 Å². The number of aromatic nitrogens is 1. The lowest BCUT2D eigenvalue weighted by Crippen LogP contribution is -2.41. The second-order valence-electron chi connectivity index (χ2n) is 4.56. The first-order valence-electron chi connectivity index (χ1n) is 5.99. The Kier molecular flexibility index (Phi) is 3.54. The second-order valence-corrected chi connectivity index (χ2v) is 4.56. The predicted molar refractivity (Wildman–Crippen MR) is 63.1 cm³/mol.